The summed E-state index contributed by atoms with van der Waals surface area (Å²) in [6.07, 6.45) is 41.9. The van der Waals surface area contributed by atoms with Crippen LogP contribution in [0.25, 0.3) is 0 Å². The van der Waals surface area contributed by atoms with Gasteiger partial charge in [0.25, 0.3) is 0 Å². The van der Waals surface area contributed by atoms with Gasteiger partial charge >= 0.3 is 0 Å². The Labute approximate surface area is 186 Å². The Morgan fingerprint density at radius 1 is 0.310 bits per heavy atom. The molecule has 0 fully saturated rings. The van der Waals surface area contributed by atoms with E-state index in [-0.39, 0.29) is 0 Å². The first kappa shape index (κ1) is 28.5. The molecule has 29 heavy (non-hydrogen) atoms. The molecule has 0 spiro atoms. The lowest BCUT2D eigenvalue weighted by atomic mass is 10.0. The fraction of sp³-hybridized carbons (Fsp3) is 0.862. The van der Waals surface area contributed by atoms with Gasteiger partial charge in [-0.1, -0.05) is 154 Å². The average Bonchev–Trinajstić information content (AvgIpc) is 2.74. The maximum atomic E-state index is 2.39. The Bertz CT molecular complexity index is 325. The van der Waals surface area contributed by atoms with E-state index in [0.29, 0.717) is 0 Å². The van der Waals surface area contributed by atoms with Crippen LogP contribution in [0.3, 0.4) is 0 Å². The van der Waals surface area contributed by atoms with Crippen LogP contribution >= 0.6 is 0 Å². The monoisotopic (exact) mass is 404 g/mol. The Balaban J connectivity index is 3.09. The lowest BCUT2D eigenvalue weighted by Gasteiger charge is -2.03. The predicted molar refractivity (Wildman–Crippen MR) is 136 cm³/mol. The summed E-state index contributed by atoms with van der Waals surface area (Å²) in [5.74, 6) is 0. The standard InChI is InChI=1S/C29H56/c1-3-5-7-9-11-13-15-17-19-21-23-25-27-29-28-26-24-22-20-18-16-14-12-10-8-6-4-2/h11,13,17,19H,3-10,12,14-16,18,20-29H2,1-2H3/b13-11+,19-17+. The largest absolute Gasteiger partial charge is 0.0882 e. The van der Waals surface area contributed by atoms with Crippen molar-refractivity contribution in [2.45, 2.75) is 162 Å². The summed E-state index contributed by atoms with van der Waals surface area (Å²) in [4.78, 5) is 0. The number of hydrogen-bond donors (Lipinski definition) is 0. The van der Waals surface area contributed by atoms with Crippen LogP contribution in [-0.2, 0) is 0 Å². The molecule has 0 bridgehead atoms. The van der Waals surface area contributed by atoms with Crippen LogP contribution in [0, 0.1) is 0 Å². The predicted octanol–water partition coefficient (Wildman–Crippen LogP) is 11.1. The van der Waals surface area contributed by atoms with Gasteiger partial charge in [0, 0.05) is 0 Å². The molecule has 0 amide bonds. The molecule has 0 saturated carbocycles. The number of unbranched alkanes of at least 4 members (excludes halogenated alkanes) is 20. The highest BCUT2D eigenvalue weighted by molar-refractivity contribution is 4.92. The van der Waals surface area contributed by atoms with Crippen molar-refractivity contribution in [3.8, 4) is 0 Å². The molecule has 0 aliphatic heterocycles. The van der Waals surface area contributed by atoms with Crippen LogP contribution in [0.1, 0.15) is 162 Å². The van der Waals surface area contributed by atoms with Gasteiger partial charge in [-0.15, -0.1) is 0 Å². The van der Waals surface area contributed by atoms with Gasteiger partial charge in [-0.25, -0.2) is 0 Å². The normalized spacial score (nSPS) is 11.9. The third-order valence-electron chi connectivity index (χ3n) is 6.05. The quantitative estimate of drug-likeness (QED) is 0.111. The van der Waals surface area contributed by atoms with E-state index in [4.69, 9.17) is 0 Å². The van der Waals surface area contributed by atoms with Gasteiger partial charge in [-0.3, -0.25) is 0 Å². The van der Waals surface area contributed by atoms with Crippen molar-refractivity contribution in [3.05, 3.63) is 24.3 Å². The summed E-state index contributed by atoms with van der Waals surface area (Å²) in [5, 5.41) is 0. The van der Waals surface area contributed by atoms with E-state index in [9.17, 15) is 0 Å². The molecule has 0 N–H and O–H groups in total. The third-order valence-corrected chi connectivity index (χ3v) is 6.05. The molecular weight excluding hydrogens is 348 g/mol. The molecule has 0 atom stereocenters. The van der Waals surface area contributed by atoms with E-state index in [1.54, 1.807) is 0 Å². The highest BCUT2D eigenvalue weighted by atomic mass is 14.0. The highest BCUT2D eigenvalue weighted by Crippen LogP contribution is 2.14. The van der Waals surface area contributed by atoms with Gasteiger partial charge in [-0.05, 0) is 32.1 Å². The van der Waals surface area contributed by atoms with Crippen molar-refractivity contribution in [2.24, 2.45) is 0 Å². The zero-order valence-electron chi connectivity index (χ0n) is 20.6. The Morgan fingerprint density at radius 2 is 0.586 bits per heavy atom. The highest BCUT2D eigenvalue weighted by Gasteiger charge is 1.94. The molecule has 0 heterocycles. The second-order valence-electron chi connectivity index (χ2n) is 9.12. The first-order valence-electron chi connectivity index (χ1n) is 13.7. The molecule has 0 aliphatic rings. The minimum absolute atomic E-state index is 1.13. The molecule has 0 aliphatic carbocycles. The number of hydrogen-bond acceptors (Lipinski definition) is 0. The Kier molecular flexibility index (Phi) is 27.0. The van der Waals surface area contributed by atoms with Crippen LogP contribution in [0.15, 0.2) is 24.3 Å². The third kappa shape index (κ3) is 27.5. The smallest absolute Gasteiger partial charge is 0.0169 e. The zero-order valence-corrected chi connectivity index (χ0v) is 20.6. The van der Waals surface area contributed by atoms with E-state index < -0.39 is 0 Å². The SMILES string of the molecule is CCCCC/C=C/C/C=C/CCCCCCCCCCCCCCCCCCC. The number of rotatable bonds is 24. The van der Waals surface area contributed by atoms with E-state index in [1.165, 1.54) is 141 Å². The second-order valence-corrected chi connectivity index (χ2v) is 9.12. The molecule has 0 aromatic heterocycles. The van der Waals surface area contributed by atoms with Gasteiger partial charge in [0.2, 0.25) is 0 Å². The lowest BCUT2D eigenvalue weighted by Crippen LogP contribution is -1.83. The minimum Gasteiger partial charge on any atom is -0.0882 e. The van der Waals surface area contributed by atoms with Crippen LogP contribution in [0.5, 0.6) is 0 Å². The molecule has 0 unspecified atom stereocenters. The van der Waals surface area contributed by atoms with Crippen molar-refractivity contribution in [3.63, 3.8) is 0 Å². The summed E-state index contributed by atoms with van der Waals surface area (Å²) in [7, 11) is 0. The molecular formula is C29H56. The summed E-state index contributed by atoms with van der Waals surface area (Å²) >= 11 is 0. The maximum Gasteiger partial charge on any atom is -0.0169 e. The average molecular weight is 405 g/mol. The first-order chi connectivity index (χ1) is 14.4. The molecule has 172 valence electrons. The minimum atomic E-state index is 1.13. The van der Waals surface area contributed by atoms with Gasteiger partial charge < -0.3 is 0 Å². The van der Waals surface area contributed by atoms with Gasteiger partial charge in [0.05, 0.1) is 0 Å². The summed E-state index contributed by atoms with van der Waals surface area (Å²) in [6.45, 7) is 4.57. The van der Waals surface area contributed by atoms with Crippen molar-refractivity contribution < 1.29 is 0 Å². The summed E-state index contributed by atoms with van der Waals surface area (Å²) < 4.78 is 0. The molecule has 0 rings (SSSR count). The van der Waals surface area contributed by atoms with E-state index in [0.717, 1.165) is 6.42 Å². The zero-order chi connectivity index (χ0) is 21.1. The Hall–Kier alpha value is -0.520. The fourth-order valence-electron chi connectivity index (χ4n) is 4.01. The van der Waals surface area contributed by atoms with Gasteiger partial charge in [0.1, 0.15) is 0 Å². The van der Waals surface area contributed by atoms with E-state index in [1.807, 2.05) is 0 Å². The molecule has 0 saturated heterocycles. The maximum absolute atomic E-state index is 2.39. The fourth-order valence-corrected chi connectivity index (χ4v) is 4.01. The van der Waals surface area contributed by atoms with Crippen LogP contribution in [-0.4, -0.2) is 0 Å². The van der Waals surface area contributed by atoms with Crippen molar-refractivity contribution >= 4 is 0 Å². The number of allylic oxidation sites excluding steroid dienone is 4. The van der Waals surface area contributed by atoms with Crippen molar-refractivity contribution in [2.75, 3.05) is 0 Å². The van der Waals surface area contributed by atoms with Crippen molar-refractivity contribution in [1.82, 2.24) is 0 Å². The van der Waals surface area contributed by atoms with E-state index in [2.05, 4.69) is 38.2 Å². The van der Waals surface area contributed by atoms with Crippen LogP contribution in [0.4, 0.5) is 0 Å². The van der Waals surface area contributed by atoms with Gasteiger partial charge in [0.15, 0.2) is 0 Å². The van der Waals surface area contributed by atoms with Crippen LogP contribution in [0.2, 0.25) is 0 Å². The summed E-state index contributed by atoms with van der Waals surface area (Å²) in [6, 6.07) is 0. The molecule has 0 heteroatoms. The van der Waals surface area contributed by atoms with E-state index >= 15 is 0 Å². The molecule has 0 radical (unpaired) electrons. The summed E-state index contributed by atoms with van der Waals surface area (Å²) in [5.41, 5.74) is 0. The molecule has 0 aromatic rings. The Morgan fingerprint density at radius 3 is 0.966 bits per heavy atom. The molecule has 0 nitrogen and oxygen atoms in total. The molecule has 0 aromatic carbocycles. The van der Waals surface area contributed by atoms with Gasteiger partial charge in [-0.2, -0.15) is 0 Å². The second kappa shape index (κ2) is 27.5. The topological polar surface area (TPSA) is 0 Å². The van der Waals surface area contributed by atoms with Crippen molar-refractivity contribution in [1.29, 1.82) is 0 Å². The first-order valence-corrected chi connectivity index (χ1v) is 13.7. The van der Waals surface area contributed by atoms with Crippen LogP contribution < -0.4 is 0 Å². The lowest BCUT2D eigenvalue weighted by molar-refractivity contribution is 0.527.